The van der Waals surface area contributed by atoms with Gasteiger partial charge < -0.3 is 15.2 Å². The number of carbonyl (C=O) groups is 1. The van der Waals surface area contributed by atoms with Crippen molar-refractivity contribution in [3.05, 3.63) is 30.2 Å². The lowest BCUT2D eigenvalue weighted by molar-refractivity contribution is -0.130. The summed E-state index contributed by atoms with van der Waals surface area (Å²) in [7, 11) is 0. The zero-order valence-electron chi connectivity index (χ0n) is 16.1. The Hall–Kier alpha value is -2.44. The van der Waals surface area contributed by atoms with E-state index in [1.165, 1.54) is 6.33 Å². The van der Waals surface area contributed by atoms with Gasteiger partial charge in [-0.1, -0.05) is 6.58 Å². The second-order valence-electron chi connectivity index (χ2n) is 8.23. The SMILES string of the molecule is C=C(C)C(=O)N1C[C@H](Nc2ncnc3[nH]cc([C@@H]4CC4(C)F)c23)CC[C@@H]1C. The number of halogens is 1. The van der Waals surface area contributed by atoms with E-state index in [-0.39, 0.29) is 23.9 Å². The maximum Gasteiger partial charge on any atom is 0.249 e. The van der Waals surface area contributed by atoms with Crippen molar-refractivity contribution in [2.45, 2.75) is 63.7 Å². The smallest absolute Gasteiger partial charge is 0.249 e. The second-order valence-corrected chi connectivity index (χ2v) is 8.23. The summed E-state index contributed by atoms with van der Waals surface area (Å²) in [5.74, 6) is 0.585. The summed E-state index contributed by atoms with van der Waals surface area (Å²) >= 11 is 0. The number of anilines is 1. The molecule has 1 unspecified atom stereocenters. The highest BCUT2D eigenvalue weighted by Gasteiger charge is 2.53. The molecule has 1 aliphatic heterocycles. The lowest BCUT2D eigenvalue weighted by atomic mass is 9.98. The average molecular weight is 371 g/mol. The molecule has 0 radical (unpaired) electrons. The first-order valence-electron chi connectivity index (χ1n) is 9.52. The molecule has 1 amide bonds. The summed E-state index contributed by atoms with van der Waals surface area (Å²) < 4.78 is 14.3. The number of fused-ring (bicyclic) bond motifs is 1. The van der Waals surface area contributed by atoms with Gasteiger partial charge in [0.2, 0.25) is 5.91 Å². The molecule has 0 spiro atoms. The monoisotopic (exact) mass is 371 g/mol. The van der Waals surface area contributed by atoms with Crippen LogP contribution >= 0.6 is 0 Å². The van der Waals surface area contributed by atoms with E-state index in [1.54, 1.807) is 13.8 Å². The number of alkyl halides is 1. The Morgan fingerprint density at radius 2 is 2.19 bits per heavy atom. The summed E-state index contributed by atoms with van der Waals surface area (Å²) in [6.07, 6.45) is 5.73. The molecule has 1 aliphatic carbocycles. The van der Waals surface area contributed by atoms with Crippen LogP contribution in [0.15, 0.2) is 24.7 Å². The minimum Gasteiger partial charge on any atom is -0.365 e. The fraction of sp³-hybridized carbons (Fsp3) is 0.550. The van der Waals surface area contributed by atoms with Gasteiger partial charge in [-0.05, 0) is 45.6 Å². The Labute approximate surface area is 158 Å². The number of likely N-dealkylation sites (tertiary alicyclic amines) is 1. The van der Waals surface area contributed by atoms with Crippen molar-refractivity contribution < 1.29 is 9.18 Å². The number of piperidine rings is 1. The van der Waals surface area contributed by atoms with Gasteiger partial charge in [0, 0.05) is 36.3 Å². The third-order valence-corrected chi connectivity index (χ3v) is 5.89. The first-order chi connectivity index (χ1) is 12.8. The third kappa shape index (κ3) is 3.19. The predicted molar refractivity (Wildman–Crippen MR) is 103 cm³/mol. The second kappa shape index (κ2) is 6.32. The molecule has 1 saturated carbocycles. The predicted octanol–water partition coefficient (Wildman–Crippen LogP) is 3.54. The molecule has 6 nitrogen and oxygen atoms in total. The van der Waals surface area contributed by atoms with Crippen LogP contribution in [-0.2, 0) is 4.79 Å². The van der Waals surface area contributed by atoms with Crippen LogP contribution in [0.1, 0.15) is 51.5 Å². The number of hydrogen-bond donors (Lipinski definition) is 2. The van der Waals surface area contributed by atoms with Crippen molar-refractivity contribution in [2.24, 2.45) is 0 Å². The molecular weight excluding hydrogens is 345 g/mol. The first kappa shape index (κ1) is 17.9. The topological polar surface area (TPSA) is 73.9 Å². The third-order valence-electron chi connectivity index (χ3n) is 5.89. The van der Waals surface area contributed by atoms with Crippen LogP contribution in [0.25, 0.3) is 11.0 Å². The van der Waals surface area contributed by atoms with E-state index in [1.807, 2.05) is 11.1 Å². The standard InChI is InChI=1S/C20H26FN5O/c1-11(2)19(27)26-9-13(6-5-12(26)3)25-18-16-14(15-7-20(15,4)21)8-22-17(16)23-10-24-18/h8,10,12-13,15H,1,5-7,9H2,2-4H3,(H2,22,23,24,25)/t12-,13+,15-,20?/m0/s1. The summed E-state index contributed by atoms with van der Waals surface area (Å²) in [5.41, 5.74) is 1.03. The van der Waals surface area contributed by atoms with Gasteiger partial charge in [0.15, 0.2) is 0 Å². The van der Waals surface area contributed by atoms with E-state index in [9.17, 15) is 9.18 Å². The zero-order valence-corrected chi connectivity index (χ0v) is 16.1. The van der Waals surface area contributed by atoms with Crippen LogP contribution in [-0.4, -0.2) is 50.1 Å². The molecule has 1 saturated heterocycles. The minimum atomic E-state index is -1.16. The van der Waals surface area contributed by atoms with Crippen LogP contribution in [0.4, 0.5) is 10.2 Å². The largest absolute Gasteiger partial charge is 0.365 e. The molecule has 4 atom stereocenters. The van der Waals surface area contributed by atoms with Crippen molar-refractivity contribution in [2.75, 3.05) is 11.9 Å². The minimum absolute atomic E-state index is 0.00431. The number of nitrogens with one attached hydrogen (secondary N) is 2. The van der Waals surface area contributed by atoms with Gasteiger partial charge in [0.25, 0.3) is 0 Å². The Morgan fingerprint density at radius 3 is 2.85 bits per heavy atom. The van der Waals surface area contributed by atoms with Gasteiger partial charge in [-0.3, -0.25) is 4.79 Å². The van der Waals surface area contributed by atoms with Crippen molar-refractivity contribution >= 4 is 22.8 Å². The average Bonchev–Trinajstić information content (AvgIpc) is 3.05. The number of aromatic amines is 1. The fourth-order valence-corrected chi connectivity index (χ4v) is 4.09. The molecule has 144 valence electrons. The summed E-state index contributed by atoms with van der Waals surface area (Å²) in [6.45, 7) is 9.84. The number of H-pyrrole nitrogens is 1. The molecule has 0 aromatic carbocycles. The van der Waals surface area contributed by atoms with Gasteiger partial charge >= 0.3 is 0 Å². The van der Waals surface area contributed by atoms with Crippen LogP contribution < -0.4 is 5.32 Å². The number of amides is 1. The number of nitrogens with zero attached hydrogens (tertiary/aromatic N) is 3. The number of rotatable bonds is 4. The normalized spacial score (nSPS) is 30.4. The molecule has 2 aromatic heterocycles. The Morgan fingerprint density at radius 1 is 1.44 bits per heavy atom. The molecule has 2 aromatic rings. The highest BCUT2D eigenvalue weighted by molar-refractivity contribution is 5.93. The van der Waals surface area contributed by atoms with Gasteiger partial charge in [-0.15, -0.1) is 0 Å². The van der Waals surface area contributed by atoms with Gasteiger partial charge in [-0.25, -0.2) is 14.4 Å². The molecule has 2 aliphatic rings. The van der Waals surface area contributed by atoms with Crippen molar-refractivity contribution in [3.63, 3.8) is 0 Å². The van der Waals surface area contributed by atoms with Gasteiger partial charge in [-0.2, -0.15) is 0 Å². The molecular formula is C20H26FN5O. The lowest BCUT2D eigenvalue weighted by Crippen LogP contribution is -2.50. The lowest BCUT2D eigenvalue weighted by Gasteiger charge is -2.38. The molecule has 4 rings (SSSR count). The van der Waals surface area contributed by atoms with Gasteiger partial charge in [0.1, 0.15) is 23.5 Å². The van der Waals surface area contributed by atoms with E-state index in [0.717, 1.165) is 23.8 Å². The summed E-state index contributed by atoms with van der Waals surface area (Å²) in [6, 6.07) is 0.278. The Kier molecular flexibility index (Phi) is 4.20. The van der Waals surface area contributed by atoms with Crippen molar-refractivity contribution in [1.29, 1.82) is 0 Å². The maximum absolute atomic E-state index is 14.3. The van der Waals surface area contributed by atoms with E-state index in [2.05, 4.69) is 33.8 Å². The van der Waals surface area contributed by atoms with E-state index < -0.39 is 5.67 Å². The molecule has 3 heterocycles. The van der Waals surface area contributed by atoms with Crippen molar-refractivity contribution in [1.82, 2.24) is 19.9 Å². The van der Waals surface area contributed by atoms with Crippen LogP contribution in [0, 0.1) is 0 Å². The van der Waals surface area contributed by atoms with E-state index in [0.29, 0.717) is 30.0 Å². The number of carbonyl (C=O) groups excluding carboxylic acids is 1. The van der Waals surface area contributed by atoms with Crippen LogP contribution in [0.2, 0.25) is 0 Å². The molecule has 7 heteroatoms. The summed E-state index contributed by atoms with van der Waals surface area (Å²) in [4.78, 5) is 26.2. The quantitative estimate of drug-likeness (QED) is 0.806. The molecule has 2 fully saturated rings. The number of aromatic nitrogens is 3. The van der Waals surface area contributed by atoms with E-state index >= 15 is 0 Å². The highest BCUT2D eigenvalue weighted by Crippen LogP contribution is 2.56. The molecule has 0 bridgehead atoms. The zero-order chi connectivity index (χ0) is 19.3. The molecule has 2 N–H and O–H groups in total. The van der Waals surface area contributed by atoms with E-state index in [4.69, 9.17) is 0 Å². The fourth-order valence-electron chi connectivity index (χ4n) is 4.09. The maximum atomic E-state index is 14.3. The van der Waals surface area contributed by atoms with Crippen LogP contribution in [0.3, 0.4) is 0 Å². The first-order valence-corrected chi connectivity index (χ1v) is 9.52. The Bertz CT molecular complexity index is 905. The Balaban J connectivity index is 1.59. The highest BCUT2D eigenvalue weighted by atomic mass is 19.1. The van der Waals surface area contributed by atoms with Crippen LogP contribution in [0.5, 0.6) is 0 Å². The van der Waals surface area contributed by atoms with Gasteiger partial charge in [0.05, 0.1) is 5.39 Å². The summed E-state index contributed by atoms with van der Waals surface area (Å²) in [5, 5.41) is 4.35. The number of hydrogen-bond acceptors (Lipinski definition) is 4. The van der Waals surface area contributed by atoms with Crippen molar-refractivity contribution in [3.8, 4) is 0 Å². The molecule has 27 heavy (non-hydrogen) atoms.